The van der Waals surface area contributed by atoms with E-state index >= 15 is 0 Å². The molecule has 0 radical (unpaired) electrons. The normalized spacial score (nSPS) is 12.5. The molecule has 0 fully saturated rings. The van der Waals surface area contributed by atoms with Gasteiger partial charge in [-0.1, -0.05) is 37.3 Å². The Morgan fingerprint density at radius 3 is 2.59 bits per heavy atom. The van der Waals surface area contributed by atoms with Crippen molar-refractivity contribution >= 4 is 5.82 Å². The van der Waals surface area contributed by atoms with Crippen molar-refractivity contribution in [3.63, 3.8) is 0 Å². The number of rotatable bonds is 4. The zero-order valence-electron chi connectivity index (χ0n) is 9.89. The highest BCUT2D eigenvalue weighted by atomic mass is 16.1. The van der Waals surface area contributed by atoms with Gasteiger partial charge in [-0.2, -0.15) is 0 Å². The lowest BCUT2D eigenvalue weighted by Gasteiger charge is -2.15. The number of nitrogen functional groups attached to an aromatic ring is 1. The highest BCUT2D eigenvalue weighted by molar-refractivity contribution is 5.24. The van der Waals surface area contributed by atoms with Crippen LogP contribution in [0.2, 0.25) is 0 Å². The van der Waals surface area contributed by atoms with Crippen molar-refractivity contribution in [3.8, 4) is 0 Å². The number of nitrogens with two attached hydrogens (primary N) is 1. The Bertz CT molecular complexity index is 527. The fraction of sp³-hybridized carbons (Fsp3) is 0.308. The third-order valence-corrected chi connectivity index (χ3v) is 2.92. The first kappa shape index (κ1) is 11.5. The zero-order chi connectivity index (χ0) is 12.3. The third-order valence-electron chi connectivity index (χ3n) is 2.92. The van der Waals surface area contributed by atoms with Crippen LogP contribution in [0.3, 0.4) is 0 Å². The van der Waals surface area contributed by atoms with Gasteiger partial charge in [-0.15, -0.1) is 0 Å². The Morgan fingerprint density at radius 2 is 2.06 bits per heavy atom. The van der Waals surface area contributed by atoms with Crippen molar-refractivity contribution in [2.75, 3.05) is 5.73 Å². The molecule has 1 aromatic heterocycles. The van der Waals surface area contributed by atoms with Crippen LogP contribution in [0.15, 0.2) is 41.2 Å². The minimum atomic E-state index is -0.0646. The van der Waals surface area contributed by atoms with Crippen LogP contribution in [0.25, 0.3) is 0 Å². The third kappa shape index (κ3) is 2.58. The Morgan fingerprint density at radius 1 is 1.35 bits per heavy atom. The molecule has 1 atom stereocenters. The number of benzene rings is 1. The van der Waals surface area contributed by atoms with Crippen LogP contribution in [0.1, 0.15) is 24.9 Å². The number of nitrogens with one attached hydrogen (secondary N) is 1. The second-order valence-corrected chi connectivity index (χ2v) is 4.17. The first-order valence-corrected chi connectivity index (χ1v) is 5.81. The smallest absolute Gasteiger partial charge is 0.268 e. The van der Waals surface area contributed by atoms with E-state index in [0.29, 0.717) is 5.82 Å². The molecule has 0 bridgehead atoms. The number of aromatic nitrogens is 2. The van der Waals surface area contributed by atoms with E-state index in [1.807, 2.05) is 18.2 Å². The summed E-state index contributed by atoms with van der Waals surface area (Å²) < 4.78 is 1.61. The number of anilines is 1. The van der Waals surface area contributed by atoms with Gasteiger partial charge in [-0.05, 0) is 18.4 Å². The number of aromatic amines is 1. The molecule has 4 nitrogen and oxygen atoms in total. The minimum absolute atomic E-state index is 0.0646. The van der Waals surface area contributed by atoms with Gasteiger partial charge in [-0.3, -0.25) is 9.89 Å². The molecule has 0 aliphatic carbocycles. The second kappa shape index (κ2) is 4.91. The van der Waals surface area contributed by atoms with Crippen LogP contribution >= 0.6 is 0 Å². The van der Waals surface area contributed by atoms with Gasteiger partial charge in [-0.25, -0.2) is 4.68 Å². The summed E-state index contributed by atoms with van der Waals surface area (Å²) in [5, 5.41) is 2.90. The highest BCUT2D eigenvalue weighted by Crippen LogP contribution is 2.15. The van der Waals surface area contributed by atoms with Crippen LogP contribution in [0, 0.1) is 0 Å². The molecule has 0 aliphatic heterocycles. The van der Waals surface area contributed by atoms with E-state index in [2.05, 4.69) is 24.2 Å². The Kier molecular flexibility index (Phi) is 3.32. The quantitative estimate of drug-likeness (QED) is 0.844. The van der Waals surface area contributed by atoms with Crippen molar-refractivity contribution in [2.24, 2.45) is 0 Å². The lowest BCUT2D eigenvalue weighted by Crippen LogP contribution is -2.23. The van der Waals surface area contributed by atoms with E-state index in [9.17, 15) is 4.79 Å². The summed E-state index contributed by atoms with van der Waals surface area (Å²) in [6.45, 7) is 2.07. The van der Waals surface area contributed by atoms with Gasteiger partial charge < -0.3 is 5.73 Å². The summed E-state index contributed by atoms with van der Waals surface area (Å²) in [5.41, 5.74) is 6.75. The van der Waals surface area contributed by atoms with Crippen molar-refractivity contribution in [1.29, 1.82) is 0 Å². The monoisotopic (exact) mass is 231 g/mol. The van der Waals surface area contributed by atoms with Gasteiger partial charge in [0.1, 0.15) is 5.82 Å². The van der Waals surface area contributed by atoms with Crippen molar-refractivity contribution in [3.05, 3.63) is 52.3 Å². The molecule has 2 aromatic rings. The average molecular weight is 231 g/mol. The fourth-order valence-corrected chi connectivity index (χ4v) is 2.00. The predicted molar refractivity (Wildman–Crippen MR) is 68.9 cm³/mol. The van der Waals surface area contributed by atoms with E-state index in [1.54, 1.807) is 4.68 Å². The Balaban J connectivity index is 2.23. The lowest BCUT2D eigenvalue weighted by atomic mass is 10.0. The molecule has 0 amide bonds. The Labute approximate surface area is 100 Å². The standard InChI is InChI=1S/C13H17N3O/c1-2-11(8-10-6-4-3-5-7-10)16-13(17)9-12(14)15-16/h3-7,9,11,15H,2,8,14H2,1H3. The van der Waals surface area contributed by atoms with Crippen LogP contribution < -0.4 is 11.3 Å². The largest absolute Gasteiger partial charge is 0.384 e. The molecule has 1 unspecified atom stereocenters. The summed E-state index contributed by atoms with van der Waals surface area (Å²) in [4.78, 5) is 11.7. The van der Waals surface area contributed by atoms with E-state index in [4.69, 9.17) is 5.73 Å². The maximum atomic E-state index is 11.7. The summed E-state index contributed by atoms with van der Waals surface area (Å²) >= 11 is 0. The van der Waals surface area contributed by atoms with Gasteiger partial charge in [0.2, 0.25) is 0 Å². The molecule has 4 heteroatoms. The average Bonchev–Trinajstić information content (AvgIpc) is 2.67. The van der Waals surface area contributed by atoms with Gasteiger partial charge in [0.25, 0.3) is 5.56 Å². The molecule has 0 saturated heterocycles. The van der Waals surface area contributed by atoms with E-state index in [-0.39, 0.29) is 11.6 Å². The summed E-state index contributed by atoms with van der Waals surface area (Å²) in [7, 11) is 0. The molecule has 90 valence electrons. The van der Waals surface area contributed by atoms with Crippen molar-refractivity contribution in [1.82, 2.24) is 9.78 Å². The van der Waals surface area contributed by atoms with E-state index in [0.717, 1.165) is 12.8 Å². The first-order valence-electron chi connectivity index (χ1n) is 5.81. The zero-order valence-corrected chi connectivity index (χ0v) is 9.89. The molecule has 1 aromatic carbocycles. The first-order chi connectivity index (χ1) is 8.20. The second-order valence-electron chi connectivity index (χ2n) is 4.17. The highest BCUT2D eigenvalue weighted by Gasteiger charge is 2.12. The molecule has 3 N–H and O–H groups in total. The maximum absolute atomic E-state index is 11.7. The minimum Gasteiger partial charge on any atom is -0.384 e. The lowest BCUT2D eigenvalue weighted by molar-refractivity contribution is 0.428. The summed E-state index contributed by atoms with van der Waals surface area (Å²) in [6, 6.07) is 11.7. The van der Waals surface area contributed by atoms with Gasteiger partial charge in [0.05, 0.1) is 6.04 Å². The summed E-state index contributed by atoms with van der Waals surface area (Å²) in [5.74, 6) is 0.418. The van der Waals surface area contributed by atoms with Gasteiger partial charge in [0.15, 0.2) is 0 Å². The molecule has 0 saturated carbocycles. The number of hydrogen-bond acceptors (Lipinski definition) is 2. The topological polar surface area (TPSA) is 63.8 Å². The van der Waals surface area contributed by atoms with Crippen molar-refractivity contribution in [2.45, 2.75) is 25.8 Å². The molecule has 17 heavy (non-hydrogen) atoms. The van der Waals surface area contributed by atoms with Gasteiger partial charge >= 0.3 is 0 Å². The van der Waals surface area contributed by atoms with Crippen LogP contribution in [0.4, 0.5) is 5.82 Å². The number of hydrogen-bond donors (Lipinski definition) is 2. The maximum Gasteiger partial charge on any atom is 0.268 e. The molecule has 0 spiro atoms. The number of H-pyrrole nitrogens is 1. The predicted octanol–water partition coefficient (Wildman–Crippen LogP) is 1.95. The van der Waals surface area contributed by atoms with Crippen LogP contribution in [0.5, 0.6) is 0 Å². The van der Waals surface area contributed by atoms with E-state index < -0.39 is 0 Å². The van der Waals surface area contributed by atoms with Crippen molar-refractivity contribution < 1.29 is 0 Å². The Hall–Kier alpha value is -1.97. The summed E-state index contributed by atoms with van der Waals surface area (Å²) in [6.07, 6.45) is 1.71. The molecular formula is C13H17N3O. The molecule has 1 heterocycles. The number of nitrogens with zero attached hydrogens (tertiary/aromatic N) is 1. The molecular weight excluding hydrogens is 214 g/mol. The molecule has 0 aliphatic rings. The van der Waals surface area contributed by atoms with Crippen LogP contribution in [-0.4, -0.2) is 9.78 Å². The fourth-order valence-electron chi connectivity index (χ4n) is 2.00. The SMILES string of the molecule is CCC(Cc1ccccc1)n1[nH]c(N)cc1=O. The molecule has 2 rings (SSSR count). The van der Waals surface area contributed by atoms with Crippen LogP contribution in [-0.2, 0) is 6.42 Å². The van der Waals surface area contributed by atoms with E-state index in [1.165, 1.54) is 11.6 Å². The van der Waals surface area contributed by atoms with Gasteiger partial charge in [0, 0.05) is 6.07 Å².